The second kappa shape index (κ2) is 6.33. The topological polar surface area (TPSA) is 58.4 Å². The van der Waals surface area contributed by atoms with Crippen LogP contribution in [0.15, 0.2) is 48.5 Å². The molecule has 1 aromatic heterocycles. The van der Waals surface area contributed by atoms with Crippen molar-refractivity contribution in [1.29, 1.82) is 0 Å². The van der Waals surface area contributed by atoms with Gasteiger partial charge < -0.3 is 10.0 Å². The third-order valence-electron chi connectivity index (χ3n) is 4.77. The van der Waals surface area contributed by atoms with Gasteiger partial charge >= 0.3 is 0 Å². The van der Waals surface area contributed by atoms with E-state index in [1.807, 2.05) is 55.5 Å². The van der Waals surface area contributed by atoms with Crippen molar-refractivity contribution in [1.82, 2.24) is 14.5 Å². The van der Waals surface area contributed by atoms with E-state index in [9.17, 15) is 9.90 Å². The van der Waals surface area contributed by atoms with Gasteiger partial charge in [0.1, 0.15) is 5.82 Å². The highest BCUT2D eigenvalue weighted by Crippen LogP contribution is 2.23. The molecule has 1 aliphatic rings. The van der Waals surface area contributed by atoms with Crippen LogP contribution in [-0.2, 0) is 0 Å². The van der Waals surface area contributed by atoms with E-state index in [2.05, 4.69) is 9.55 Å². The van der Waals surface area contributed by atoms with Crippen molar-refractivity contribution in [2.24, 2.45) is 0 Å². The largest absolute Gasteiger partial charge is 0.391 e. The van der Waals surface area contributed by atoms with Crippen LogP contribution in [-0.4, -0.2) is 44.7 Å². The van der Waals surface area contributed by atoms with Gasteiger partial charge in [0.15, 0.2) is 0 Å². The number of carbonyl (C=O) groups is 1. The predicted molar refractivity (Wildman–Crippen MR) is 97.0 cm³/mol. The maximum Gasteiger partial charge on any atom is 0.254 e. The normalized spacial score (nSPS) is 17.8. The van der Waals surface area contributed by atoms with E-state index in [0.29, 0.717) is 18.7 Å². The summed E-state index contributed by atoms with van der Waals surface area (Å²) in [7, 11) is 0. The van der Waals surface area contributed by atoms with Crippen LogP contribution in [0.4, 0.5) is 0 Å². The molecule has 5 nitrogen and oxygen atoms in total. The molecule has 1 aliphatic heterocycles. The summed E-state index contributed by atoms with van der Waals surface area (Å²) >= 11 is 0. The molecule has 3 aromatic rings. The number of β-amino-alcohol motifs (C(OH)–C–C–N with tert-alkyl or cyclic N) is 1. The Morgan fingerprint density at radius 3 is 2.76 bits per heavy atom. The van der Waals surface area contributed by atoms with E-state index in [1.54, 1.807) is 4.90 Å². The third-order valence-corrected chi connectivity index (χ3v) is 4.77. The molecule has 2 aromatic carbocycles. The number of aliphatic hydroxyl groups is 1. The molecule has 5 heteroatoms. The Morgan fingerprint density at radius 1 is 1.20 bits per heavy atom. The number of nitrogens with zero attached hydrogens (tertiary/aromatic N) is 3. The number of piperidine rings is 1. The number of imidazole rings is 1. The second-order valence-electron chi connectivity index (χ2n) is 6.58. The van der Waals surface area contributed by atoms with Crippen LogP contribution in [0.25, 0.3) is 16.7 Å². The first-order valence-corrected chi connectivity index (χ1v) is 8.65. The van der Waals surface area contributed by atoms with E-state index in [4.69, 9.17) is 0 Å². The highest BCUT2D eigenvalue weighted by molar-refractivity contribution is 5.97. The summed E-state index contributed by atoms with van der Waals surface area (Å²) in [6.45, 7) is 3.08. The van der Waals surface area contributed by atoms with Gasteiger partial charge in [-0.3, -0.25) is 9.36 Å². The van der Waals surface area contributed by atoms with E-state index in [0.717, 1.165) is 35.4 Å². The summed E-state index contributed by atoms with van der Waals surface area (Å²) in [6, 6.07) is 15.7. The summed E-state index contributed by atoms with van der Waals surface area (Å²) in [5.74, 6) is 0.853. The quantitative estimate of drug-likeness (QED) is 0.783. The molecule has 1 fully saturated rings. The van der Waals surface area contributed by atoms with Crippen LogP contribution in [0, 0.1) is 6.92 Å². The molecular weight excluding hydrogens is 314 g/mol. The summed E-state index contributed by atoms with van der Waals surface area (Å²) in [4.78, 5) is 19.1. The van der Waals surface area contributed by atoms with Crippen molar-refractivity contribution in [3.63, 3.8) is 0 Å². The fourth-order valence-electron chi connectivity index (χ4n) is 3.56. The molecule has 1 unspecified atom stereocenters. The lowest BCUT2D eigenvalue weighted by atomic mass is 10.1. The van der Waals surface area contributed by atoms with Gasteiger partial charge in [-0.15, -0.1) is 0 Å². The minimum absolute atomic E-state index is 0.0347. The molecule has 0 radical (unpaired) electrons. The molecule has 0 bridgehead atoms. The lowest BCUT2D eigenvalue weighted by Crippen LogP contribution is -2.42. The summed E-state index contributed by atoms with van der Waals surface area (Å²) in [5.41, 5.74) is 3.48. The number of rotatable bonds is 2. The van der Waals surface area contributed by atoms with Crippen LogP contribution in [0.5, 0.6) is 0 Å². The number of hydrogen-bond donors (Lipinski definition) is 1. The minimum Gasteiger partial charge on any atom is -0.391 e. The van der Waals surface area contributed by atoms with Crippen molar-refractivity contribution >= 4 is 16.9 Å². The zero-order chi connectivity index (χ0) is 17.4. The highest BCUT2D eigenvalue weighted by atomic mass is 16.3. The van der Waals surface area contributed by atoms with Crippen molar-refractivity contribution in [2.75, 3.05) is 13.1 Å². The van der Waals surface area contributed by atoms with Crippen molar-refractivity contribution < 1.29 is 9.90 Å². The first kappa shape index (κ1) is 15.8. The summed E-state index contributed by atoms with van der Waals surface area (Å²) < 4.78 is 2.09. The summed E-state index contributed by atoms with van der Waals surface area (Å²) in [6.07, 6.45) is 1.20. The van der Waals surface area contributed by atoms with Crippen LogP contribution >= 0.6 is 0 Å². The number of aliphatic hydroxyl groups excluding tert-OH is 1. The number of para-hydroxylation sites is 1. The maximum absolute atomic E-state index is 12.7. The number of amides is 1. The van der Waals surface area contributed by atoms with E-state index < -0.39 is 6.10 Å². The lowest BCUT2D eigenvalue weighted by Gasteiger charge is -2.30. The number of hydrogen-bond acceptors (Lipinski definition) is 3. The minimum atomic E-state index is -0.416. The Bertz CT molecular complexity index is 917. The molecule has 0 spiro atoms. The molecule has 0 aliphatic carbocycles. The Labute approximate surface area is 146 Å². The van der Waals surface area contributed by atoms with E-state index >= 15 is 0 Å². The second-order valence-corrected chi connectivity index (χ2v) is 6.58. The molecule has 1 amide bonds. The molecular formula is C20H21N3O2. The van der Waals surface area contributed by atoms with Crippen molar-refractivity contribution in [3.8, 4) is 5.69 Å². The maximum atomic E-state index is 12.7. The SMILES string of the molecule is Cc1nc2cc(C(=O)N3CCCC(O)C3)ccc2n1-c1ccccc1. The fourth-order valence-corrected chi connectivity index (χ4v) is 3.56. The number of likely N-dealkylation sites (tertiary alicyclic amines) is 1. The van der Waals surface area contributed by atoms with Crippen LogP contribution in [0.3, 0.4) is 0 Å². The zero-order valence-electron chi connectivity index (χ0n) is 14.2. The van der Waals surface area contributed by atoms with Gasteiger partial charge in [0.25, 0.3) is 5.91 Å². The Balaban J connectivity index is 1.71. The van der Waals surface area contributed by atoms with Gasteiger partial charge in [0.2, 0.25) is 0 Å². The fraction of sp³-hybridized carbons (Fsp3) is 0.300. The molecule has 2 heterocycles. The van der Waals surface area contributed by atoms with Crippen LogP contribution in [0.1, 0.15) is 29.0 Å². The first-order chi connectivity index (χ1) is 12.1. The van der Waals surface area contributed by atoms with Crippen LogP contribution < -0.4 is 0 Å². The number of aryl methyl sites for hydroxylation is 1. The van der Waals surface area contributed by atoms with Gasteiger partial charge in [0, 0.05) is 24.3 Å². The molecule has 4 rings (SSSR count). The Kier molecular flexibility index (Phi) is 4.01. The smallest absolute Gasteiger partial charge is 0.254 e. The Morgan fingerprint density at radius 2 is 2.00 bits per heavy atom. The molecule has 1 atom stereocenters. The molecule has 0 saturated carbocycles. The number of fused-ring (bicyclic) bond motifs is 1. The zero-order valence-corrected chi connectivity index (χ0v) is 14.2. The van der Waals surface area contributed by atoms with Gasteiger partial charge in [-0.05, 0) is 50.1 Å². The van der Waals surface area contributed by atoms with Gasteiger partial charge in [-0.2, -0.15) is 0 Å². The van der Waals surface area contributed by atoms with E-state index in [-0.39, 0.29) is 5.91 Å². The molecule has 1 N–H and O–H groups in total. The number of aromatic nitrogens is 2. The average Bonchev–Trinajstić information content (AvgIpc) is 2.96. The van der Waals surface area contributed by atoms with E-state index in [1.165, 1.54) is 0 Å². The molecule has 128 valence electrons. The molecule has 25 heavy (non-hydrogen) atoms. The van der Waals surface area contributed by atoms with Gasteiger partial charge in [0.05, 0.1) is 17.1 Å². The third kappa shape index (κ3) is 2.91. The monoisotopic (exact) mass is 335 g/mol. The summed E-state index contributed by atoms with van der Waals surface area (Å²) in [5, 5.41) is 9.80. The van der Waals surface area contributed by atoms with Crippen LogP contribution in [0.2, 0.25) is 0 Å². The number of carbonyl (C=O) groups excluding carboxylic acids is 1. The lowest BCUT2D eigenvalue weighted by molar-refractivity contribution is 0.0474. The van der Waals surface area contributed by atoms with Crippen molar-refractivity contribution in [3.05, 3.63) is 59.9 Å². The van der Waals surface area contributed by atoms with Gasteiger partial charge in [-0.25, -0.2) is 4.98 Å². The molecule has 1 saturated heterocycles. The highest BCUT2D eigenvalue weighted by Gasteiger charge is 2.23. The van der Waals surface area contributed by atoms with Crippen molar-refractivity contribution in [2.45, 2.75) is 25.9 Å². The average molecular weight is 335 g/mol. The standard InChI is InChI=1S/C20H21N3O2/c1-14-21-18-12-15(20(25)22-11-5-8-17(24)13-22)9-10-19(18)23(14)16-6-3-2-4-7-16/h2-4,6-7,9-10,12,17,24H,5,8,11,13H2,1H3. The Hall–Kier alpha value is -2.66. The van der Waals surface area contributed by atoms with Gasteiger partial charge in [-0.1, -0.05) is 18.2 Å². The number of benzene rings is 2. The first-order valence-electron chi connectivity index (χ1n) is 8.65. The predicted octanol–water partition coefficient (Wildman–Crippen LogP) is 2.93.